The highest BCUT2D eigenvalue weighted by atomic mass is 16.6. The van der Waals surface area contributed by atoms with Crippen molar-refractivity contribution in [3.8, 4) is 0 Å². The van der Waals surface area contributed by atoms with Gasteiger partial charge in [0.1, 0.15) is 11.6 Å². The molecule has 20 heavy (non-hydrogen) atoms. The molecular formula is C15H21NO4. The summed E-state index contributed by atoms with van der Waals surface area (Å²) in [7, 11) is 0. The number of hydrogen-bond acceptors (Lipinski definition) is 3. The van der Waals surface area contributed by atoms with Gasteiger partial charge in [-0.05, 0) is 45.1 Å². The number of carboxylic acid groups (broad SMARTS) is 1. The highest BCUT2D eigenvalue weighted by molar-refractivity contribution is 5.81. The Labute approximate surface area is 118 Å². The van der Waals surface area contributed by atoms with Crippen LogP contribution in [0.3, 0.4) is 0 Å². The first-order valence-corrected chi connectivity index (χ1v) is 6.86. The summed E-state index contributed by atoms with van der Waals surface area (Å²) in [6.45, 7) is 5.66. The van der Waals surface area contributed by atoms with Crippen molar-refractivity contribution in [1.29, 1.82) is 0 Å². The molecule has 0 radical (unpaired) electrons. The Morgan fingerprint density at radius 2 is 2.10 bits per heavy atom. The first kappa shape index (κ1) is 14.6. The fourth-order valence-electron chi connectivity index (χ4n) is 2.60. The fourth-order valence-corrected chi connectivity index (χ4v) is 2.60. The van der Waals surface area contributed by atoms with Gasteiger partial charge < -0.3 is 9.84 Å². The number of fused-ring (bicyclic) bond motifs is 1. The van der Waals surface area contributed by atoms with Crippen LogP contribution in [0.5, 0.6) is 0 Å². The zero-order valence-corrected chi connectivity index (χ0v) is 12.1. The molecule has 0 spiro atoms. The lowest BCUT2D eigenvalue weighted by atomic mass is 9.82. The van der Waals surface area contributed by atoms with Gasteiger partial charge in [-0.1, -0.05) is 18.2 Å². The van der Waals surface area contributed by atoms with Crippen molar-refractivity contribution in [2.45, 2.75) is 45.3 Å². The Bertz CT molecular complexity index is 473. The van der Waals surface area contributed by atoms with Crippen molar-refractivity contribution in [2.24, 2.45) is 5.92 Å². The number of allylic oxidation sites excluding steroid dienone is 3. The minimum absolute atomic E-state index is 0.222. The van der Waals surface area contributed by atoms with Gasteiger partial charge in [-0.2, -0.15) is 0 Å². The molecule has 0 bridgehead atoms. The van der Waals surface area contributed by atoms with Gasteiger partial charge in [0.25, 0.3) is 0 Å². The van der Waals surface area contributed by atoms with Gasteiger partial charge in [0.05, 0.1) is 0 Å². The zero-order valence-electron chi connectivity index (χ0n) is 12.1. The number of piperidine rings is 1. The summed E-state index contributed by atoms with van der Waals surface area (Å²) in [6.07, 6.45) is 6.71. The topological polar surface area (TPSA) is 66.8 Å². The van der Waals surface area contributed by atoms with Gasteiger partial charge >= 0.3 is 12.1 Å². The van der Waals surface area contributed by atoms with E-state index in [1.54, 1.807) is 20.8 Å². The molecule has 1 fully saturated rings. The Hall–Kier alpha value is -1.78. The van der Waals surface area contributed by atoms with E-state index in [1.165, 1.54) is 4.90 Å². The van der Waals surface area contributed by atoms with Crippen molar-refractivity contribution in [2.75, 3.05) is 6.54 Å². The summed E-state index contributed by atoms with van der Waals surface area (Å²) in [4.78, 5) is 24.9. The molecular weight excluding hydrogens is 258 g/mol. The highest BCUT2D eigenvalue weighted by Crippen LogP contribution is 2.33. The summed E-state index contributed by atoms with van der Waals surface area (Å²) in [6, 6.07) is -0.807. The van der Waals surface area contributed by atoms with Crippen LogP contribution in [0.25, 0.3) is 0 Å². The molecule has 110 valence electrons. The number of carbonyl (C=O) groups excluding carboxylic acids is 1. The van der Waals surface area contributed by atoms with Crippen LogP contribution in [0.4, 0.5) is 4.79 Å². The van der Waals surface area contributed by atoms with Crippen molar-refractivity contribution < 1.29 is 19.4 Å². The van der Waals surface area contributed by atoms with Crippen molar-refractivity contribution in [3.05, 3.63) is 23.8 Å². The second-order valence-corrected chi connectivity index (χ2v) is 6.30. The first-order valence-electron chi connectivity index (χ1n) is 6.86. The summed E-state index contributed by atoms with van der Waals surface area (Å²) in [5, 5.41) is 9.36. The number of carbonyl (C=O) groups is 2. The summed E-state index contributed by atoms with van der Waals surface area (Å²) in [5.74, 6) is -0.746. The third kappa shape index (κ3) is 3.21. The largest absolute Gasteiger partial charge is 0.480 e. The van der Waals surface area contributed by atoms with E-state index in [4.69, 9.17) is 4.74 Å². The Morgan fingerprint density at radius 3 is 2.70 bits per heavy atom. The molecule has 0 saturated carbocycles. The van der Waals surface area contributed by atoms with Crippen LogP contribution in [-0.2, 0) is 9.53 Å². The molecule has 1 heterocycles. The molecule has 2 unspecified atom stereocenters. The standard InChI is InChI=1S/C15H21NO4/c1-15(2,3)20-14(19)16-9-11-7-5-4-6-10(11)8-12(16)13(17)18/h4-5,7,10,12H,6,8-9H2,1-3H3,(H,17,18). The van der Waals surface area contributed by atoms with Crippen LogP contribution in [0.15, 0.2) is 23.8 Å². The maximum atomic E-state index is 12.2. The number of amides is 1. The van der Waals surface area contributed by atoms with E-state index < -0.39 is 23.7 Å². The molecule has 1 aliphatic carbocycles. The van der Waals surface area contributed by atoms with Crippen LogP contribution in [0.2, 0.25) is 0 Å². The van der Waals surface area contributed by atoms with Crippen LogP contribution in [-0.4, -0.2) is 40.3 Å². The maximum Gasteiger partial charge on any atom is 0.411 e. The number of hydrogen-bond donors (Lipinski definition) is 1. The summed E-state index contributed by atoms with van der Waals surface area (Å²) >= 11 is 0. The summed E-state index contributed by atoms with van der Waals surface area (Å²) < 4.78 is 5.32. The average molecular weight is 279 g/mol. The third-order valence-corrected chi connectivity index (χ3v) is 3.54. The Kier molecular flexibility index (Phi) is 3.88. The minimum atomic E-state index is -0.968. The minimum Gasteiger partial charge on any atom is -0.480 e. The SMILES string of the molecule is CC(C)(C)OC(=O)N1CC2=CC=CCC2CC1C(=O)O. The molecule has 0 aromatic rings. The molecule has 5 heteroatoms. The van der Waals surface area contributed by atoms with E-state index in [-0.39, 0.29) is 5.92 Å². The van der Waals surface area contributed by atoms with E-state index in [0.717, 1.165) is 12.0 Å². The fraction of sp³-hybridized carbons (Fsp3) is 0.600. The zero-order chi connectivity index (χ0) is 14.9. The molecule has 2 rings (SSSR count). The second-order valence-electron chi connectivity index (χ2n) is 6.30. The van der Waals surface area contributed by atoms with E-state index in [0.29, 0.717) is 13.0 Å². The van der Waals surface area contributed by atoms with Crippen molar-refractivity contribution >= 4 is 12.1 Å². The number of likely N-dealkylation sites (tertiary alicyclic amines) is 1. The number of carboxylic acids is 1. The third-order valence-electron chi connectivity index (χ3n) is 3.54. The van der Waals surface area contributed by atoms with E-state index in [9.17, 15) is 14.7 Å². The van der Waals surface area contributed by atoms with Gasteiger partial charge in [0.2, 0.25) is 0 Å². The second kappa shape index (κ2) is 5.31. The van der Waals surface area contributed by atoms with Gasteiger partial charge in [-0.3, -0.25) is 4.90 Å². The van der Waals surface area contributed by atoms with Gasteiger partial charge in [-0.15, -0.1) is 0 Å². The molecule has 1 aliphatic heterocycles. The van der Waals surface area contributed by atoms with E-state index in [1.807, 2.05) is 18.2 Å². The monoisotopic (exact) mass is 279 g/mol. The number of ether oxygens (including phenoxy) is 1. The van der Waals surface area contributed by atoms with Gasteiger partial charge in [0, 0.05) is 6.54 Å². The van der Waals surface area contributed by atoms with Crippen LogP contribution < -0.4 is 0 Å². The average Bonchev–Trinajstić information content (AvgIpc) is 2.35. The number of rotatable bonds is 1. The maximum absolute atomic E-state index is 12.2. The lowest BCUT2D eigenvalue weighted by molar-refractivity contribution is -0.144. The smallest absolute Gasteiger partial charge is 0.411 e. The summed E-state index contributed by atoms with van der Waals surface area (Å²) in [5.41, 5.74) is 0.480. The number of nitrogens with zero attached hydrogens (tertiary/aromatic N) is 1. The van der Waals surface area contributed by atoms with Crippen molar-refractivity contribution in [1.82, 2.24) is 4.90 Å². The molecule has 0 aromatic heterocycles. The van der Waals surface area contributed by atoms with E-state index >= 15 is 0 Å². The quantitative estimate of drug-likeness (QED) is 0.801. The van der Waals surface area contributed by atoms with Gasteiger partial charge in [-0.25, -0.2) is 9.59 Å². The predicted molar refractivity (Wildman–Crippen MR) is 74.3 cm³/mol. The Morgan fingerprint density at radius 1 is 1.40 bits per heavy atom. The predicted octanol–water partition coefficient (Wildman–Crippen LogP) is 2.58. The number of aliphatic carboxylic acids is 1. The molecule has 2 atom stereocenters. The lowest BCUT2D eigenvalue weighted by Gasteiger charge is -2.39. The normalized spacial score (nSPS) is 25.8. The lowest BCUT2D eigenvalue weighted by Crippen LogP contribution is -2.52. The molecule has 1 saturated heterocycles. The van der Waals surface area contributed by atoms with Crippen molar-refractivity contribution in [3.63, 3.8) is 0 Å². The molecule has 2 aliphatic rings. The Balaban J connectivity index is 2.19. The van der Waals surface area contributed by atoms with Crippen LogP contribution in [0, 0.1) is 5.92 Å². The van der Waals surface area contributed by atoms with E-state index in [2.05, 4.69) is 0 Å². The first-order chi connectivity index (χ1) is 9.28. The molecule has 1 N–H and O–H groups in total. The van der Waals surface area contributed by atoms with Gasteiger partial charge in [0.15, 0.2) is 0 Å². The highest BCUT2D eigenvalue weighted by Gasteiger charge is 2.40. The van der Waals surface area contributed by atoms with Crippen LogP contribution in [0.1, 0.15) is 33.6 Å². The van der Waals surface area contributed by atoms with Crippen LogP contribution >= 0.6 is 0 Å². The molecule has 1 amide bonds. The molecule has 5 nitrogen and oxygen atoms in total. The molecule has 0 aromatic carbocycles.